The fraction of sp³-hybridized carbons (Fsp3) is 0.529. The summed E-state index contributed by atoms with van der Waals surface area (Å²) < 4.78 is 7.72. The molecule has 1 aliphatic rings. The third kappa shape index (κ3) is 3.85. The Morgan fingerprint density at radius 3 is 3.05 bits per heavy atom. The molecule has 1 aliphatic heterocycles. The Kier molecular flexibility index (Phi) is 4.73. The number of likely N-dealkylation sites (tertiary alicyclic amines) is 1. The van der Waals surface area contributed by atoms with Gasteiger partial charge in [0.1, 0.15) is 18.4 Å². The van der Waals surface area contributed by atoms with Crippen LogP contribution in [-0.4, -0.2) is 38.4 Å². The minimum absolute atomic E-state index is 0.210. The molecule has 3 rings (SSSR count). The van der Waals surface area contributed by atoms with Crippen LogP contribution in [0.4, 0.5) is 0 Å². The fourth-order valence-corrected chi connectivity index (χ4v) is 3.08. The van der Waals surface area contributed by atoms with Crippen LogP contribution in [0.1, 0.15) is 32.3 Å². The van der Waals surface area contributed by atoms with Gasteiger partial charge in [-0.05, 0) is 50.9 Å². The van der Waals surface area contributed by atoms with E-state index in [1.807, 2.05) is 10.7 Å². The third-order valence-corrected chi connectivity index (χ3v) is 4.02. The van der Waals surface area contributed by atoms with Crippen LogP contribution in [0.15, 0.2) is 36.9 Å². The molecular weight excluding hydrogens is 276 g/mol. The van der Waals surface area contributed by atoms with Crippen molar-refractivity contribution >= 4 is 0 Å². The van der Waals surface area contributed by atoms with Crippen LogP contribution in [0.2, 0.25) is 0 Å². The Bertz CT molecular complexity index is 582. The molecule has 0 N–H and O–H groups in total. The molecule has 5 nitrogen and oxygen atoms in total. The van der Waals surface area contributed by atoms with Crippen LogP contribution in [0.5, 0.6) is 5.75 Å². The quantitative estimate of drug-likeness (QED) is 0.823. The SMILES string of the molecule is CC(C)Oc1cccc(CN2CCC[C@@H]2Cn2cncn2)c1. The molecule has 0 bridgehead atoms. The van der Waals surface area contributed by atoms with E-state index in [-0.39, 0.29) is 6.10 Å². The highest BCUT2D eigenvalue weighted by Crippen LogP contribution is 2.23. The second kappa shape index (κ2) is 6.92. The van der Waals surface area contributed by atoms with Crippen molar-refractivity contribution in [2.45, 2.75) is 51.9 Å². The zero-order valence-corrected chi connectivity index (χ0v) is 13.4. The van der Waals surface area contributed by atoms with E-state index in [2.05, 4.69) is 47.0 Å². The summed E-state index contributed by atoms with van der Waals surface area (Å²) in [5.41, 5.74) is 1.31. The van der Waals surface area contributed by atoms with Crippen molar-refractivity contribution in [1.29, 1.82) is 0 Å². The molecule has 1 atom stereocenters. The van der Waals surface area contributed by atoms with Gasteiger partial charge >= 0.3 is 0 Å². The average molecular weight is 300 g/mol. The summed E-state index contributed by atoms with van der Waals surface area (Å²) in [4.78, 5) is 6.57. The van der Waals surface area contributed by atoms with E-state index in [9.17, 15) is 0 Å². The molecule has 0 unspecified atom stereocenters. The Morgan fingerprint density at radius 1 is 1.36 bits per heavy atom. The van der Waals surface area contributed by atoms with Gasteiger partial charge in [-0.25, -0.2) is 4.98 Å². The first-order chi connectivity index (χ1) is 10.7. The predicted molar refractivity (Wildman–Crippen MR) is 85.7 cm³/mol. The molecule has 0 amide bonds. The number of ether oxygens (including phenoxy) is 1. The Hall–Kier alpha value is -1.88. The van der Waals surface area contributed by atoms with E-state index in [4.69, 9.17) is 4.74 Å². The van der Waals surface area contributed by atoms with Crippen molar-refractivity contribution < 1.29 is 4.74 Å². The monoisotopic (exact) mass is 300 g/mol. The lowest BCUT2D eigenvalue weighted by Gasteiger charge is -2.24. The summed E-state index contributed by atoms with van der Waals surface area (Å²) in [5.74, 6) is 0.958. The van der Waals surface area contributed by atoms with Crippen molar-refractivity contribution in [3.63, 3.8) is 0 Å². The van der Waals surface area contributed by atoms with Crippen molar-refractivity contribution in [1.82, 2.24) is 19.7 Å². The van der Waals surface area contributed by atoms with Crippen molar-refractivity contribution in [3.8, 4) is 5.75 Å². The number of hydrogen-bond donors (Lipinski definition) is 0. The maximum Gasteiger partial charge on any atom is 0.137 e. The predicted octanol–water partition coefficient (Wildman–Crippen LogP) is 2.73. The van der Waals surface area contributed by atoms with Crippen LogP contribution in [0, 0.1) is 0 Å². The highest BCUT2D eigenvalue weighted by Gasteiger charge is 2.25. The molecule has 0 saturated carbocycles. The summed E-state index contributed by atoms with van der Waals surface area (Å²) in [6.07, 6.45) is 6.09. The lowest BCUT2D eigenvalue weighted by molar-refractivity contribution is 0.217. The number of aromatic nitrogens is 3. The molecule has 2 aromatic rings. The average Bonchev–Trinajstić information content (AvgIpc) is 3.12. The normalized spacial score (nSPS) is 19.0. The smallest absolute Gasteiger partial charge is 0.137 e. The molecule has 1 aromatic heterocycles. The van der Waals surface area contributed by atoms with Gasteiger partial charge in [0.25, 0.3) is 0 Å². The molecule has 0 spiro atoms. The third-order valence-electron chi connectivity index (χ3n) is 4.02. The minimum atomic E-state index is 0.210. The van der Waals surface area contributed by atoms with Gasteiger partial charge in [0.05, 0.1) is 12.6 Å². The largest absolute Gasteiger partial charge is 0.491 e. The molecule has 0 aliphatic carbocycles. The first-order valence-corrected chi connectivity index (χ1v) is 8.03. The summed E-state index contributed by atoms with van der Waals surface area (Å²) in [6, 6.07) is 8.98. The zero-order chi connectivity index (χ0) is 15.4. The minimum Gasteiger partial charge on any atom is -0.491 e. The fourth-order valence-electron chi connectivity index (χ4n) is 3.08. The summed E-state index contributed by atoms with van der Waals surface area (Å²) in [5, 5.41) is 4.23. The van der Waals surface area contributed by atoms with E-state index < -0.39 is 0 Å². The van der Waals surface area contributed by atoms with Crippen LogP contribution >= 0.6 is 0 Å². The first kappa shape index (κ1) is 15.0. The second-order valence-corrected chi connectivity index (χ2v) is 6.20. The maximum atomic E-state index is 5.79. The van der Waals surface area contributed by atoms with Crippen LogP contribution in [-0.2, 0) is 13.1 Å². The molecule has 5 heteroatoms. The summed E-state index contributed by atoms with van der Waals surface area (Å²) in [7, 11) is 0. The van der Waals surface area contributed by atoms with Gasteiger partial charge in [-0.3, -0.25) is 9.58 Å². The van der Waals surface area contributed by atoms with Gasteiger partial charge < -0.3 is 4.74 Å². The molecule has 1 saturated heterocycles. The van der Waals surface area contributed by atoms with E-state index in [1.165, 1.54) is 18.4 Å². The van der Waals surface area contributed by atoms with E-state index in [0.717, 1.165) is 25.4 Å². The Balaban J connectivity index is 1.64. The molecule has 118 valence electrons. The van der Waals surface area contributed by atoms with Crippen molar-refractivity contribution in [2.75, 3.05) is 6.54 Å². The van der Waals surface area contributed by atoms with Gasteiger partial charge in [-0.2, -0.15) is 5.10 Å². The maximum absolute atomic E-state index is 5.79. The molecule has 1 aromatic carbocycles. The Morgan fingerprint density at radius 2 is 2.27 bits per heavy atom. The zero-order valence-electron chi connectivity index (χ0n) is 13.4. The van der Waals surface area contributed by atoms with Gasteiger partial charge in [0.2, 0.25) is 0 Å². The number of nitrogens with zero attached hydrogens (tertiary/aromatic N) is 4. The van der Waals surface area contributed by atoms with Crippen LogP contribution in [0.25, 0.3) is 0 Å². The van der Waals surface area contributed by atoms with Gasteiger partial charge in [-0.1, -0.05) is 12.1 Å². The number of benzene rings is 1. The number of rotatable bonds is 6. The topological polar surface area (TPSA) is 43.2 Å². The van der Waals surface area contributed by atoms with E-state index in [1.54, 1.807) is 12.7 Å². The van der Waals surface area contributed by atoms with E-state index in [0.29, 0.717) is 6.04 Å². The van der Waals surface area contributed by atoms with Crippen molar-refractivity contribution in [2.24, 2.45) is 0 Å². The molecular formula is C17H24N4O. The number of hydrogen-bond acceptors (Lipinski definition) is 4. The lowest BCUT2D eigenvalue weighted by atomic mass is 10.1. The molecule has 22 heavy (non-hydrogen) atoms. The highest BCUT2D eigenvalue weighted by molar-refractivity contribution is 5.28. The van der Waals surface area contributed by atoms with Gasteiger partial charge in [0, 0.05) is 12.6 Å². The highest BCUT2D eigenvalue weighted by atomic mass is 16.5. The summed E-state index contributed by atoms with van der Waals surface area (Å²) >= 11 is 0. The first-order valence-electron chi connectivity index (χ1n) is 8.03. The standard InChI is InChI=1S/C17H24N4O/c1-14(2)22-17-7-3-5-15(9-17)10-20-8-4-6-16(20)11-21-13-18-12-19-21/h3,5,7,9,12-14,16H,4,6,8,10-11H2,1-2H3/t16-/m1/s1. The lowest BCUT2D eigenvalue weighted by Crippen LogP contribution is -2.32. The van der Waals surface area contributed by atoms with Gasteiger partial charge in [0.15, 0.2) is 0 Å². The molecule has 1 fully saturated rings. The molecule has 2 heterocycles. The summed E-state index contributed by atoms with van der Waals surface area (Å²) in [6.45, 7) is 7.15. The molecule has 0 radical (unpaired) electrons. The van der Waals surface area contributed by atoms with E-state index >= 15 is 0 Å². The van der Waals surface area contributed by atoms with Crippen molar-refractivity contribution in [3.05, 3.63) is 42.5 Å². The second-order valence-electron chi connectivity index (χ2n) is 6.20. The van der Waals surface area contributed by atoms with Crippen LogP contribution in [0.3, 0.4) is 0 Å². The van der Waals surface area contributed by atoms with Gasteiger partial charge in [-0.15, -0.1) is 0 Å². The Labute approximate surface area is 131 Å². The van der Waals surface area contributed by atoms with Crippen LogP contribution < -0.4 is 4.74 Å².